The molecule has 1 aromatic carbocycles. The minimum absolute atomic E-state index is 0.0781. The fourth-order valence-corrected chi connectivity index (χ4v) is 1.72. The van der Waals surface area contributed by atoms with Gasteiger partial charge in [-0.3, -0.25) is 0 Å². The lowest BCUT2D eigenvalue weighted by Crippen LogP contribution is -2.17. The fourth-order valence-electron chi connectivity index (χ4n) is 1.72. The van der Waals surface area contributed by atoms with Crippen LogP contribution in [0.1, 0.15) is 28.2 Å². The van der Waals surface area contributed by atoms with Crippen molar-refractivity contribution >= 4 is 0 Å². The van der Waals surface area contributed by atoms with Crippen molar-refractivity contribution in [1.82, 2.24) is 0 Å². The Morgan fingerprint density at radius 3 is 2.21 bits per heavy atom. The summed E-state index contributed by atoms with van der Waals surface area (Å²) in [6.07, 6.45) is 0. The van der Waals surface area contributed by atoms with Crippen molar-refractivity contribution in [3.05, 3.63) is 34.4 Å². The summed E-state index contributed by atoms with van der Waals surface area (Å²) in [7, 11) is 0. The summed E-state index contributed by atoms with van der Waals surface area (Å²) in [5.74, 6) is 0.0781. The predicted octanol–water partition coefficient (Wildman–Crippen LogP) is 1.65. The van der Waals surface area contributed by atoms with E-state index in [0.29, 0.717) is 6.54 Å². The number of rotatable bonds is 3. The van der Waals surface area contributed by atoms with Gasteiger partial charge in [0.25, 0.3) is 0 Å². The zero-order valence-corrected chi connectivity index (χ0v) is 9.17. The lowest BCUT2D eigenvalue weighted by molar-refractivity contribution is 0.267. The van der Waals surface area contributed by atoms with Crippen molar-refractivity contribution < 1.29 is 5.11 Å². The maximum absolute atomic E-state index is 9.18. The fraction of sp³-hybridized carbons (Fsp3) is 0.500. The highest BCUT2D eigenvalue weighted by atomic mass is 16.3. The average molecular weight is 193 g/mol. The first-order valence-corrected chi connectivity index (χ1v) is 4.98. The number of aryl methyl sites for hydroxylation is 3. The molecule has 0 bridgehead atoms. The van der Waals surface area contributed by atoms with Crippen LogP contribution in [0.3, 0.4) is 0 Å². The molecule has 1 atom stereocenters. The van der Waals surface area contributed by atoms with Gasteiger partial charge in [0.05, 0.1) is 6.61 Å². The van der Waals surface area contributed by atoms with Crippen LogP contribution in [-0.4, -0.2) is 18.3 Å². The maximum Gasteiger partial charge on any atom is 0.0512 e. The summed E-state index contributed by atoms with van der Waals surface area (Å²) >= 11 is 0. The van der Waals surface area contributed by atoms with Crippen molar-refractivity contribution in [3.8, 4) is 0 Å². The Morgan fingerprint density at radius 2 is 1.71 bits per heavy atom. The summed E-state index contributed by atoms with van der Waals surface area (Å²) in [4.78, 5) is 0. The predicted molar refractivity (Wildman–Crippen MR) is 59.5 cm³/mol. The third-order valence-electron chi connectivity index (χ3n) is 2.83. The molecule has 78 valence electrons. The molecule has 0 aliphatic rings. The number of aliphatic hydroxyl groups excluding tert-OH is 1. The van der Waals surface area contributed by atoms with Crippen molar-refractivity contribution in [2.24, 2.45) is 5.73 Å². The number of hydrogen-bond donors (Lipinski definition) is 2. The molecule has 2 nitrogen and oxygen atoms in total. The minimum atomic E-state index is 0.0781. The quantitative estimate of drug-likeness (QED) is 0.766. The first-order chi connectivity index (χ1) is 6.60. The van der Waals surface area contributed by atoms with E-state index in [0.717, 1.165) is 0 Å². The molecule has 0 radical (unpaired) electrons. The zero-order valence-electron chi connectivity index (χ0n) is 9.17. The van der Waals surface area contributed by atoms with Crippen LogP contribution in [0.5, 0.6) is 0 Å². The molecule has 0 amide bonds. The van der Waals surface area contributed by atoms with Crippen molar-refractivity contribution in [2.45, 2.75) is 26.7 Å². The molecule has 14 heavy (non-hydrogen) atoms. The molecule has 0 saturated heterocycles. The molecule has 1 rings (SSSR count). The Morgan fingerprint density at radius 1 is 1.14 bits per heavy atom. The topological polar surface area (TPSA) is 46.2 Å². The van der Waals surface area contributed by atoms with E-state index in [4.69, 9.17) is 5.73 Å². The summed E-state index contributed by atoms with van der Waals surface area (Å²) in [6, 6.07) is 4.29. The van der Waals surface area contributed by atoms with E-state index < -0.39 is 0 Å². The van der Waals surface area contributed by atoms with Gasteiger partial charge in [0.15, 0.2) is 0 Å². The Balaban J connectivity index is 3.14. The second-order valence-corrected chi connectivity index (χ2v) is 3.91. The van der Waals surface area contributed by atoms with Gasteiger partial charge in [0.2, 0.25) is 0 Å². The normalized spacial score (nSPS) is 12.9. The zero-order chi connectivity index (χ0) is 10.7. The molecule has 0 fully saturated rings. The Kier molecular flexibility index (Phi) is 3.67. The van der Waals surface area contributed by atoms with Gasteiger partial charge in [-0.05, 0) is 43.0 Å². The molecule has 0 saturated carbocycles. The summed E-state index contributed by atoms with van der Waals surface area (Å²) in [6.45, 7) is 6.88. The second kappa shape index (κ2) is 4.58. The van der Waals surface area contributed by atoms with E-state index in [-0.39, 0.29) is 12.5 Å². The molecule has 3 N–H and O–H groups in total. The van der Waals surface area contributed by atoms with E-state index in [1.54, 1.807) is 0 Å². The van der Waals surface area contributed by atoms with E-state index >= 15 is 0 Å². The lowest BCUT2D eigenvalue weighted by atomic mass is 9.92. The van der Waals surface area contributed by atoms with Gasteiger partial charge in [-0.25, -0.2) is 0 Å². The highest BCUT2D eigenvalue weighted by molar-refractivity contribution is 5.38. The van der Waals surface area contributed by atoms with Crippen LogP contribution in [-0.2, 0) is 0 Å². The number of aliphatic hydroxyl groups is 1. The van der Waals surface area contributed by atoms with Gasteiger partial charge in [-0.1, -0.05) is 12.1 Å². The van der Waals surface area contributed by atoms with E-state index in [1.165, 1.54) is 22.3 Å². The first kappa shape index (κ1) is 11.2. The molecule has 0 spiro atoms. The first-order valence-electron chi connectivity index (χ1n) is 4.98. The minimum Gasteiger partial charge on any atom is -0.396 e. The van der Waals surface area contributed by atoms with Crippen LogP contribution in [0.15, 0.2) is 12.1 Å². The number of benzene rings is 1. The Bertz CT molecular complexity index is 316. The molecule has 0 heterocycles. The van der Waals surface area contributed by atoms with E-state index in [2.05, 4.69) is 32.9 Å². The monoisotopic (exact) mass is 193 g/mol. The molecule has 0 aromatic heterocycles. The molecule has 1 unspecified atom stereocenters. The molecular formula is C12H19NO. The SMILES string of the molecule is Cc1cc(C)c(C(CN)CO)cc1C. The van der Waals surface area contributed by atoms with Gasteiger partial charge in [-0.15, -0.1) is 0 Å². The highest BCUT2D eigenvalue weighted by Crippen LogP contribution is 2.22. The van der Waals surface area contributed by atoms with Gasteiger partial charge in [-0.2, -0.15) is 0 Å². The summed E-state index contributed by atoms with van der Waals surface area (Å²) in [5, 5.41) is 9.18. The number of hydrogen-bond acceptors (Lipinski definition) is 2. The van der Waals surface area contributed by atoms with Gasteiger partial charge >= 0.3 is 0 Å². The molecule has 1 aromatic rings. The summed E-state index contributed by atoms with van der Waals surface area (Å²) < 4.78 is 0. The second-order valence-electron chi connectivity index (χ2n) is 3.91. The van der Waals surface area contributed by atoms with Crippen LogP contribution in [0, 0.1) is 20.8 Å². The molecule has 0 aliphatic heterocycles. The Hall–Kier alpha value is -0.860. The Labute approximate surface area is 85.8 Å². The van der Waals surface area contributed by atoms with E-state index in [9.17, 15) is 5.11 Å². The van der Waals surface area contributed by atoms with Crippen molar-refractivity contribution in [1.29, 1.82) is 0 Å². The molecular weight excluding hydrogens is 174 g/mol. The van der Waals surface area contributed by atoms with Crippen LogP contribution in [0.4, 0.5) is 0 Å². The maximum atomic E-state index is 9.18. The highest BCUT2D eigenvalue weighted by Gasteiger charge is 2.11. The number of nitrogens with two attached hydrogens (primary N) is 1. The third-order valence-corrected chi connectivity index (χ3v) is 2.83. The van der Waals surface area contributed by atoms with Crippen LogP contribution < -0.4 is 5.73 Å². The lowest BCUT2D eigenvalue weighted by Gasteiger charge is -2.16. The van der Waals surface area contributed by atoms with Crippen LogP contribution in [0.2, 0.25) is 0 Å². The summed E-state index contributed by atoms with van der Waals surface area (Å²) in [5.41, 5.74) is 10.6. The molecule has 0 aliphatic carbocycles. The third kappa shape index (κ3) is 2.14. The standard InChI is InChI=1S/C12H19NO/c1-8-4-10(3)12(5-9(8)2)11(6-13)7-14/h4-5,11,14H,6-7,13H2,1-3H3. The van der Waals surface area contributed by atoms with Crippen molar-refractivity contribution in [3.63, 3.8) is 0 Å². The van der Waals surface area contributed by atoms with Gasteiger partial charge in [0, 0.05) is 12.5 Å². The molecule has 2 heteroatoms. The van der Waals surface area contributed by atoms with Gasteiger partial charge < -0.3 is 10.8 Å². The smallest absolute Gasteiger partial charge is 0.0512 e. The van der Waals surface area contributed by atoms with Crippen LogP contribution >= 0.6 is 0 Å². The van der Waals surface area contributed by atoms with Crippen LogP contribution in [0.25, 0.3) is 0 Å². The van der Waals surface area contributed by atoms with E-state index in [1.807, 2.05) is 0 Å². The average Bonchev–Trinajstić information content (AvgIpc) is 2.15. The van der Waals surface area contributed by atoms with Gasteiger partial charge in [0.1, 0.15) is 0 Å². The van der Waals surface area contributed by atoms with Crippen molar-refractivity contribution in [2.75, 3.05) is 13.2 Å². The largest absolute Gasteiger partial charge is 0.396 e.